The van der Waals surface area contributed by atoms with Gasteiger partial charge in [0.1, 0.15) is 0 Å². The molecule has 0 aromatic carbocycles. The first-order valence-corrected chi connectivity index (χ1v) is 7.91. The summed E-state index contributed by atoms with van der Waals surface area (Å²) in [5.41, 5.74) is 5.75. The fraction of sp³-hybridized carbons (Fsp3) is 0.688. The molecule has 1 fully saturated rings. The third-order valence-electron chi connectivity index (χ3n) is 4.27. The van der Waals surface area contributed by atoms with Gasteiger partial charge in [0.05, 0.1) is 0 Å². The van der Waals surface area contributed by atoms with E-state index in [4.69, 9.17) is 5.73 Å². The van der Waals surface area contributed by atoms with Crippen molar-refractivity contribution in [2.45, 2.75) is 51.1 Å². The van der Waals surface area contributed by atoms with Gasteiger partial charge >= 0.3 is 0 Å². The van der Waals surface area contributed by atoms with Gasteiger partial charge < -0.3 is 10.3 Å². The van der Waals surface area contributed by atoms with Gasteiger partial charge in [-0.1, -0.05) is 25.3 Å². The Kier molecular flexibility index (Phi) is 6.27. The van der Waals surface area contributed by atoms with Gasteiger partial charge in [-0.05, 0) is 38.4 Å². The molecule has 0 spiro atoms. The van der Waals surface area contributed by atoms with Gasteiger partial charge in [0.2, 0.25) is 0 Å². The van der Waals surface area contributed by atoms with Gasteiger partial charge in [-0.25, -0.2) is 0 Å². The first kappa shape index (κ1) is 15.3. The largest absolute Gasteiger partial charge is 0.330 e. The minimum Gasteiger partial charge on any atom is -0.330 e. The molecule has 20 heavy (non-hydrogen) atoms. The molecule has 0 bridgehead atoms. The van der Waals surface area contributed by atoms with Crippen LogP contribution in [0.15, 0.2) is 29.2 Å². The second kappa shape index (κ2) is 8.22. The van der Waals surface area contributed by atoms with Gasteiger partial charge in [-0.2, -0.15) is 0 Å². The Morgan fingerprint density at radius 3 is 2.70 bits per heavy atom. The van der Waals surface area contributed by atoms with Crippen molar-refractivity contribution in [3.05, 3.63) is 34.7 Å². The first-order valence-electron chi connectivity index (χ1n) is 7.91. The molecule has 112 valence electrons. The number of hydrogen-bond acceptors (Lipinski definition) is 3. The van der Waals surface area contributed by atoms with E-state index in [1.807, 2.05) is 12.3 Å². The fourth-order valence-corrected chi connectivity index (χ4v) is 3.10. The molecular formula is C16H27N3O. The summed E-state index contributed by atoms with van der Waals surface area (Å²) in [4.78, 5) is 14.3. The minimum atomic E-state index is 0.0925. The predicted octanol–water partition coefficient (Wildman–Crippen LogP) is 1.83. The lowest BCUT2D eigenvalue weighted by atomic mass is 9.94. The van der Waals surface area contributed by atoms with Crippen LogP contribution in [0, 0.1) is 0 Å². The number of hydrogen-bond donors (Lipinski definition) is 1. The lowest BCUT2D eigenvalue weighted by molar-refractivity contribution is 0.149. The van der Waals surface area contributed by atoms with Crippen molar-refractivity contribution >= 4 is 0 Å². The standard InChI is InChI=1S/C16H27N3O/c17-10-6-12-18(15-7-2-1-3-8-15)13-14-19-11-5-4-9-16(19)20/h4-5,9,11,15H,1-3,6-8,10,12-14,17H2. The highest BCUT2D eigenvalue weighted by atomic mass is 16.1. The second-order valence-corrected chi connectivity index (χ2v) is 5.70. The summed E-state index contributed by atoms with van der Waals surface area (Å²) in [6.45, 7) is 3.53. The first-order chi connectivity index (χ1) is 9.81. The highest BCUT2D eigenvalue weighted by Gasteiger charge is 2.20. The molecule has 1 aliphatic rings. The summed E-state index contributed by atoms with van der Waals surface area (Å²) >= 11 is 0. The van der Waals surface area contributed by atoms with Gasteiger partial charge in [-0.15, -0.1) is 0 Å². The maximum absolute atomic E-state index is 11.7. The topological polar surface area (TPSA) is 51.3 Å². The van der Waals surface area contributed by atoms with Gasteiger partial charge in [0.15, 0.2) is 0 Å². The molecular weight excluding hydrogens is 250 g/mol. The number of aromatic nitrogens is 1. The molecule has 4 heteroatoms. The zero-order chi connectivity index (χ0) is 14.2. The van der Waals surface area contributed by atoms with E-state index in [1.54, 1.807) is 16.7 Å². The molecule has 4 nitrogen and oxygen atoms in total. The Bertz CT molecular complexity index is 437. The van der Waals surface area contributed by atoms with Crippen LogP contribution in [-0.4, -0.2) is 35.1 Å². The van der Waals surface area contributed by atoms with Crippen LogP contribution in [0.1, 0.15) is 38.5 Å². The van der Waals surface area contributed by atoms with Crippen LogP contribution in [0.5, 0.6) is 0 Å². The van der Waals surface area contributed by atoms with Crippen molar-refractivity contribution in [1.29, 1.82) is 0 Å². The van der Waals surface area contributed by atoms with Gasteiger partial charge in [0, 0.05) is 31.4 Å². The quantitative estimate of drug-likeness (QED) is 0.827. The van der Waals surface area contributed by atoms with Crippen LogP contribution < -0.4 is 11.3 Å². The molecule has 2 N–H and O–H groups in total. The van der Waals surface area contributed by atoms with Gasteiger partial charge in [-0.3, -0.25) is 9.69 Å². The number of nitrogens with zero attached hydrogens (tertiary/aromatic N) is 2. The zero-order valence-corrected chi connectivity index (χ0v) is 12.3. The number of pyridine rings is 1. The average Bonchev–Trinajstić information content (AvgIpc) is 2.50. The normalized spacial score (nSPS) is 16.7. The molecule has 0 saturated heterocycles. The molecule has 1 aromatic heterocycles. The zero-order valence-electron chi connectivity index (χ0n) is 12.3. The Morgan fingerprint density at radius 2 is 2.00 bits per heavy atom. The molecule has 0 amide bonds. The van der Waals surface area contributed by atoms with E-state index in [9.17, 15) is 4.79 Å². The second-order valence-electron chi connectivity index (χ2n) is 5.70. The molecule has 0 radical (unpaired) electrons. The maximum Gasteiger partial charge on any atom is 0.250 e. The van der Waals surface area contributed by atoms with Crippen molar-refractivity contribution in [3.8, 4) is 0 Å². The third kappa shape index (κ3) is 4.46. The van der Waals surface area contributed by atoms with Crippen LogP contribution in [0.25, 0.3) is 0 Å². The van der Waals surface area contributed by atoms with Gasteiger partial charge in [0.25, 0.3) is 5.56 Å². The maximum atomic E-state index is 11.7. The molecule has 0 atom stereocenters. The lowest BCUT2D eigenvalue weighted by Crippen LogP contribution is -2.41. The van der Waals surface area contributed by atoms with Crippen molar-refractivity contribution in [3.63, 3.8) is 0 Å². The molecule has 2 rings (SSSR count). The molecule has 1 aromatic rings. The smallest absolute Gasteiger partial charge is 0.250 e. The predicted molar refractivity (Wildman–Crippen MR) is 82.8 cm³/mol. The minimum absolute atomic E-state index is 0.0925. The summed E-state index contributed by atoms with van der Waals surface area (Å²) in [6, 6.07) is 6.04. The molecule has 0 aliphatic heterocycles. The van der Waals surface area contributed by atoms with E-state index in [0.29, 0.717) is 6.04 Å². The molecule has 1 heterocycles. The molecule has 0 unspecified atom stereocenters. The monoisotopic (exact) mass is 277 g/mol. The lowest BCUT2D eigenvalue weighted by Gasteiger charge is -2.34. The van der Waals surface area contributed by atoms with E-state index < -0.39 is 0 Å². The summed E-state index contributed by atoms with van der Waals surface area (Å²) in [7, 11) is 0. The Labute approximate surface area is 121 Å². The van der Waals surface area contributed by atoms with Crippen molar-refractivity contribution in [1.82, 2.24) is 9.47 Å². The third-order valence-corrected chi connectivity index (χ3v) is 4.27. The SMILES string of the molecule is NCCCN(CCn1ccccc1=O)C1CCCCC1. The van der Waals surface area contributed by atoms with E-state index in [0.717, 1.165) is 32.6 Å². The van der Waals surface area contributed by atoms with Crippen molar-refractivity contribution in [2.24, 2.45) is 5.73 Å². The van der Waals surface area contributed by atoms with Crippen LogP contribution >= 0.6 is 0 Å². The van der Waals surface area contributed by atoms with E-state index >= 15 is 0 Å². The Balaban J connectivity index is 1.92. The van der Waals surface area contributed by atoms with Crippen LogP contribution in [0.4, 0.5) is 0 Å². The van der Waals surface area contributed by atoms with Crippen molar-refractivity contribution < 1.29 is 0 Å². The van der Waals surface area contributed by atoms with Crippen molar-refractivity contribution in [2.75, 3.05) is 19.6 Å². The summed E-state index contributed by atoms with van der Waals surface area (Å²) in [5, 5.41) is 0. The van der Waals surface area contributed by atoms with Crippen LogP contribution in [0.3, 0.4) is 0 Å². The number of nitrogens with two attached hydrogens (primary N) is 1. The highest BCUT2D eigenvalue weighted by Crippen LogP contribution is 2.22. The Hall–Kier alpha value is -1.13. The van der Waals surface area contributed by atoms with Crippen LogP contribution in [-0.2, 0) is 6.54 Å². The summed E-state index contributed by atoms with van der Waals surface area (Å²) < 4.78 is 1.80. The summed E-state index contributed by atoms with van der Waals surface area (Å²) in [5.74, 6) is 0. The van der Waals surface area contributed by atoms with E-state index in [-0.39, 0.29) is 5.56 Å². The van der Waals surface area contributed by atoms with E-state index in [2.05, 4.69) is 4.90 Å². The number of rotatable bonds is 7. The van der Waals surface area contributed by atoms with E-state index in [1.165, 1.54) is 32.1 Å². The van der Waals surface area contributed by atoms with Crippen LogP contribution in [0.2, 0.25) is 0 Å². The fourth-order valence-electron chi connectivity index (χ4n) is 3.10. The molecule has 1 saturated carbocycles. The average molecular weight is 277 g/mol. The highest BCUT2D eigenvalue weighted by molar-refractivity contribution is 4.93. The summed E-state index contributed by atoms with van der Waals surface area (Å²) in [6.07, 6.45) is 9.58. The Morgan fingerprint density at radius 1 is 1.20 bits per heavy atom. The molecule has 1 aliphatic carbocycles.